The van der Waals surface area contributed by atoms with E-state index in [9.17, 15) is 4.79 Å². The number of nitrogen functional groups attached to an aromatic ring is 1. The van der Waals surface area contributed by atoms with Crippen LogP contribution in [0.4, 0.5) is 5.82 Å². The van der Waals surface area contributed by atoms with Crippen molar-refractivity contribution in [2.75, 3.05) is 18.6 Å². The van der Waals surface area contributed by atoms with E-state index in [1.807, 2.05) is 6.92 Å². The van der Waals surface area contributed by atoms with Crippen molar-refractivity contribution in [3.63, 3.8) is 0 Å². The van der Waals surface area contributed by atoms with Crippen LogP contribution in [-0.2, 0) is 16.0 Å². The molecule has 0 aromatic carbocycles. The topological polar surface area (TPSA) is 78.1 Å². The van der Waals surface area contributed by atoms with E-state index in [2.05, 4.69) is 21.6 Å². The molecule has 0 aliphatic rings. The molecule has 0 saturated heterocycles. The summed E-state index contributed by atoms with van der Waals surface area (Å²) in [5.41, 5.74) is 6.73. The summed E-state index contributed by atoms with van der Waals surface area (Å²) in [6.45, 7) is 3.97. The first kappa shape index (κ1) is 14.8. The Labute approximate surface area is 112 Å². The molecule has 1 aromatic rings. The zero-order chi connectivity index (χ0) is 13.5. The molecule has 100 valence electrons. The molecule has 0 spiro atoms. The van der Waals surface area contributed by atoms with Gasteiger partial charge in [0.15, 0.2) is 0 Å². The maximum atomic E-state index is 11.0. The van der Waals surface area contributed by atoms with Crippen molar-refractivity contribution in [2.45, 2.75) is 38.1 Å². The summed E-state index contributed by atoms with van der Waals surface area (Å²) in [5.74, 6) is 1.71. The first-order valence-corrected chi connectivity index (χ1v) is 6.89. The van der Waals surface area contributed by atoms with E-state index in [0.29, 0.717) is 18.0 Å². The van der Waals surface area contributed by atoms with E-state index in [1.54, 1.807) is 0 Å². The molecule has 5 nitrogen and oxygen atoms in total. The molecule has 1 aromatic heterocycles. The van der Waals surface area contributed by atoms with Crippen LogP contribution in [0.2, 0.25) is 0 Å². The quantitative estimate of drug-likeness (QED) is 0.483. The Kier molecular flexibility index (Phi) is 5.91. The second kappa shape index (κ2) is 7.20. The van der Waals surface area contributed by atoms with Gasteiger partial charge in [0.05, 0.1) is 13.5 Å². The first-order valence-electron chi connectivity index (χ1n) is 5.91. The van der Waals surface area contributed by atoms with Gasteiger partial charge < -0.3 is 10.5 Å². The third-order valence-electron chi connectivity index (χ3n) is 2.43. The lowest BCUT2D eigenvalue weighted by Gasteiger charge is -2.08. The van der Waals surface area contributed by atoms with E-state index in [-0.39, 0.29) is 5.97 Å². The minimum Gasteiger partial charge on any atom is -0.469 e. The van der Waals surface area contributed by atoms with Gasteiger partial charge in [-0.1, -0.05) is 6.92 Å². The van der Waals surface area contributed by atoms with Gasteiger partial charge in [-0.05, 0) is 13.3 Å². The van der Waals surface area contributed by atoms with Crippen LogP contribution in [0.15, 0.2) is 5.03 Å². The molecule has 0 radical (unpaired) electrons. The molecule has 1 rings (SSSR count). The molecular weight excluding hydrogens is 250 g/mol. The van der Waals surface area contributed by atoms with Crippen molar-refractivity contribution in [3.05, 3.63) is 11.4 Å². The number of aromatic nitrogens is 2. The zero-order valence-corrected chi connectivity index (χ0v) is 11.8. The van der Waals surface area contributed by atoms with Crippen molar-refractivity contribution >= 4 is 23.5 Å². The molecule has 0 amide bonds. The van der Waals surface area contributed by atoms with Gasteiger partial charge in [-0.2, -0.15) is 0 Å². The zero-order valence-electron chi connectivity index (χ0n) is 11.0. The number of aryl methyl sites for hydroxylation is 1. The van der Waals surface area contributed by atoms with E-state index in [0.717, 1.165) is 29.3 Å². The normalized spacial score (nSPS) is 10.4. The molecule has 0 fully saturated rings. The largest absolute Gasteiger partial charge is 0.469 e. The molecule has 0 unspecified atom stereocenters. The molecular formula is C12H19N3O2S. The van der Waals surface area contributed by atoms with Gasteiger partial charge in [-0.3, -0.25) is 4.79 Å². The fourth-order valence-corrected chi connectivity index (χ4v) is 2.32. The number of hydrogen-bond acceptors (Lipinski definition) is 6. The number of thioether (sulfide) groups is 1. The minimum absolute atomic E-state index is 0.212. The molecule has 0 aliphatic carbocycles. The average Bonchev–Trinajstić information content (AvgIpc) is 2.35. The maximum absolute atomic E-state index is 11.0. The Balaban J connectivity index is 2.71. The fourth-order valence-electron chi connectivity index (χ4n) is 1.37. The van der Waals surface area contributed by atoms with Gasteiger partial charge in [-0.15, -0.1) is 11.8 Å². The Morgan fingerprint density at radius 3 is 2.78 bits per heavy atom. The van der Waals surface area contributed by atoms with Gasteiger partial charge in [0.2, 0.25) is 0 Å². The van der Waals surface area contributed by atoms with Crippen molar-refractivity contribution in [2.24, 2.45) is 0 Å². The monoisotopic (exact) mass is 269 g/mol. The van der Waals surface area contributed by atoms with Crippen LogP contribution in [0.1, 0.15) is 31.2 Å². The van der Waals surface area contributed by atoms with E-state index in [1.165, 1.54) is 18.9 Å². The molecule has 0 saturated carbocycles. The lowest BCUT2D eigenvalue weighted by Crippen LogP contribution is -2.06. The molecule has 1 heterocycles. The summed E-state index contributed by atoms with van der Waals surface area (Å²) in [7, 11) is 1.39. The van der Waals surface area contributed by atoms with Crippen molar-refractivity contribution < 1.29 is 9.53 Å². The number of nitrogens with two attached hydrogens (primary N) is 1. The Bertz CT molecular complexity index is 424. The fraction of sp³-hybridized carbons (Fsp3) is 0.583. The Morgan fingerprint density at radius 1 is 1.44 bits per heavy atom. The van der Waals surface area contributed by atoms with Gasteiger partial charge in [0.1, 0.15) is 16.7 Å². The van der Waals surface area contributed by atoms with Gasteiger partial charge in [0, 0.05) is 17.7 Å². The van der Waals surface area contributed by atoms with E-state index >= 15 is 0 Å². The molecule has 6 heteroatoms. The lowest BCUT2D eigenvalue weighted by molar-refractivity contribution is -0.140. The highest BCUT2D eigenvalue weighted by Gasteiger charge is 2.10. The summed E-state index contributed by atoms with van der Waals surface area (Å²) in [5, 5.41) is 0.856. The number of carbonyl (C=O) groups is 1. The molecule has 18 heavy (non-hydrogen) atoms. The SMILES string of the molecule is CCCc1nc(N)c(C)c(SCCC(=O)OC)n1. The summed E-state index contributed by atoms with van der Waals surface area (Å²) in [6.07, 6.45) is 2.16. The second-order valence-corrected chi connectivity index (χ2v) is 4.96. The number of rotatable bonds is 6. The van der Waals surface area contributed by atoms with Crippen molar-refractivity contribution in [3.8, 4) is 0 Å². The molecule has 0 bridgehead atoms. The molecule has 0 atom stereocenters. The van der Waals surface area contributed by atoms with Gasteiger partial charge in [0.25, 0.3) is 0 Å². The predicted octanol–water partition coefficient (Wildman–Crippen LogP) is 1.97. The summed E-state index contributed by atoms with van der Waals surface area (Å²) < 4.78 is 4.59. The molecule has 0 aliphatic heterocycles. The van der Waals surface area contributed by atoms with Crippen LogP contribution < -0.4 is 5.73 Å². The van der Waals surface area contributed by atoms with Gasteiger partial charge >= 0.3 is 5.97 Å². The van der Waals surface area contributed by atoms with Crippen LogP contribution in [0, 0.1) is 6.92 Å². The first-order chi connectivity index (χ1) is 8.58. The average molecular weight is 269 g/mol. The summed E-state index contributed by atoms with van der Waals surface area (Å²) >= 11 is 1.51. The van der Waals surface area contributed by atoms with Crippen LogP contribution in [0.25, 0.3) is 0 Å². The number of ether oxygens (including phenoxy) is 1. The van der Waals surface area contributed by atoms with Crippen LogP contribution in [0.5, 0.6) is 0 Å². The van der Waals surface area contributed by atoms with E-state index < -0.39 is 0 Å². The van der Waals surface area contributed by atoms with Crippen LogP contribution >= 0.6 is 11.8 Å². The highest BCUT2D eigenvalue weighted by molar-refractivity contribution is 7.99. The van der Waals surface area contributed by atoms with Crippen LogP contribution in [0.3, 0.4) is 0 Å². The van der Waals surface area contributed by atoms with E-state index in [4.69, 9.17) is 5.73 Å². The van der Waals surface area contributed by atoms with Crippen molar-refractivity contribution in [1.82, 2.24) is 9.97 Å². The van der Waals surface area contributed by atoms with Gasteiger partial charge in [-0.25, -0.2) is 9.97 Å². The Morgan fingerprint density at radius 2 is 2.17 bits per heavy atom. The van der Waals surface area contributed by atoms with Crippen molar-refractivity contribution in [1.29, 1.82) is 0 Å². The lowest BCUT2D eigenvalue weighted by atomic mass is 10.3. The van der Waals surface area contributed by atoms with Crippen LogP contribution in [-0.4, -0.2) is 28.8 Å². The Hall–Kier alpha value is -1.30. The smallest absolute Gasteiger partial charge is 0.306 e. The summed E-state index contributed by atoms with van der Waals surface area (Å²) in [4.78, 5) is 19.7. The minimum atomic E-state index is -0.212. The maximum Gasteiger partial charge on any atom is 0.306 e. The number of methoxy groups -OCH3 is 1. The molecule has 2 N–H and O–H groups in total. The predicted molar refractivity (Wildman–Crippen MR) is 72.5 cm³/mol. The number of carbonyl (C=O) groups excluding carboxylic acids is 1. The number of esters is 1. The standard InChI is InChI=1S/C12H19N3O2S/c1-4-5-9-14-11(13)8(2)12(15-9)18-7-6-10(16)17-3/h4-7H2,1-3H3,(H2,13,14,15). The number of anilines is 1. The second-order valence-electron chi connectivity index (χ2n) is 3.88. The third-order valence-corrected chi connectivity index (χ3v) is 3.51. The highest BCUT2D eigenvalue weighted by Crippen LogP contribution is 2.24. The third kappa shape index (κ3) is 4.18. The highest BCUT2D eigenvalue weighted by atomic mass is 32.2. The number of nitrogens with zero attached hydrogens (tertiary/aromatic N) is 2. The number of hydrogen-bond donors (Lipinski definition) is 1. The summed E-state index contributed by atoms with van der Waals surface area (Å²) in [6, 6.07) is 0.